The van der Waals surface area contributed by atoms with Crippen LogP contribution in [0.3, 0.4) is 0 Å². The molecular formula is C21H44BNO2Si2. The van der Waals surface area contributed by atoms with Gasteiger partial charge in [0.15, 0.2) is 0 Å². The number of hydrogen-bond donors (Lipinski definition) is 0. The zero-order chi connectivity index (χ0) is 20.4. The Morgan fingerprint density at radius 2 is 1.63 bits per heavy atom. The predicted octanol–water partition coefficient (Wildman–Crippen LogP) is 5.78. The predicted molar refractivity (Wildman–Crippen MR) is 122 cm³/mol. The van der Waals surface area contributed by atoms with Crippen molar-refractivity contribution in [1.29, 1.82) is 0 Å². The maximum Gasteiger partial charge on any atom is 0.474 e. The highest BCUT2D eigenvalue weighted by Crippen LogP contribution is 2.65. The first-order valence-corrected chi connectivity index (χ1v) is 18.2. The van der Waals surface area contributed by atoms with Crippen LogP contribution in [0.4, 0.5) is 0 Å². The Hall–Kier alpha value is 0.379. The monoisotopic (exact) mass is 409 g/mol. The summed E-state index contributed by atoms with van der Waals surface area (Å²) >= 11 is 0. The van der Waals surface area contributed by atoms with Gasteiger partial charge in [-0.3, -0.25) is 0 Å². The molecule has 156 valence electrons. The van der Waals surface area contributed by atoms with E-state index in [1.54, 1.807) is 0 Å². The number of nitrogens with zero attached hydrogens (tertiary/aromatic N) is 1. The molecule has 0 spiro atoms. The highest BCUT2D eigenvalue weighted by Gasteiger charge is 2.69. The summed E-state index contributed by atoms with van der Waals surface area (Å²) < 4.78 is 16.7. The molecule has 2 bridgehead atoms. The quantitative estimate of drug-likeness (QED) is 0.497. The van der Waals surface area contributed by atoms with Gasteiger partial charge in [0, 0.05) is 5.94 Å². The normalized spacial score (nSPS) is 36.6. The molecule has 1 heterocycles. The van der Waals surface area contributed by atoms with Crippen molar-refractivity contribution in [3.8, 4) is 0 Å². The van der Waals surface area contributed by atoms with Crippen LogP contribution in [0.2, 0.25) is 39.3 Å². The van der Waals surface area contributed by atoms with E-state index in [1.165, 1.54) is 32.1 Å². The summed E-state index contributed by atoms with van der Waals surface area (Å²) in [5, 5.41) is 0. The second-order valence-corrected chi connectivity index (χ2v) is 22.4. The molecule has 5 atom stereocenters. The Morgan fingerprint density at radius 1 is 1.04 bits per heavy atom. The maximum atomic E-state index is 6.95. The SMILES string of the molecule is CCCC[C@@H](B1O[C@@H]2C[C@@H]3C[C@@H](C3(C)C)[C@]2(C)O1)N([Si](C)(C)C)[Si](C)(C)C. The van der Waals surface area contributed by atoms with Crippen LogP contribution in [0.1, 0.15) is 59.8 Å². The van der Waals surface area contributed by atoms with Crippen LogP contribution < -0.4 is 0 Å². The third-order valence-corrected chi connectivity index (χ3v) is 15.5. The topological polar surface area (TPSA) is 21.7 Å². The Morgan fingerprint density at radius 3 is 2.11 bits per heavy atom. The average molecular weight is 410 g/mol. The summed E-state index contributed by atoms with van der Waals surface area (Å²) in [4.78, 5) is 0. The third-order valence-electron chi connectivity index (χ3n) is 7.91. The first-order valence-electron chi connectivity index (χ1n) is 11.4. The Labute approximate surface area is 171 Å². The lowest BCUT2D eigenvalue weighted by Gasteiger charge is -2.64. The summed E-state index contributed by atoms with van der Waals surface area (Å²) in [5.41, 5.74) is 0.331. The van der Waals surface area contributed by atoms with Gasteiger partial charge in [-0.15, -0.1) is 0 Å². The molecule has 4 rings (SSSR count). The maximum absolute atomic E-state index is 6.95. The molecule has 4 fully saturated rings. The molecule has 0 radical (unpaired) electrons. The standard InChI is InChI=1S/C21H44BNO2Si2/c1-11-12-13-19(23(26(5,6)7)27(8,9)10)22-24-18-15-16-14-17(20(16,2)3)21(18,4)25-22/h16-19H,11-15H2,1-10H3/t16-,17-,18+,19-,21-/m0/s1. The molecule has 0 aromatic rings. The van der Waals surface area contributed by atoms with E-state index in [9.17, 15) is 0 Å². The van der Waals surface area contributed by atoms with Gasteiger partial charge in [-0.2, -0.15) is 0 Å². The van der Waals surface area contributed by atoms with E-state index in [1.807, 2.05) is 0 Å². The van der Waals surface area contributed by atoms with Gasteiger partial charge >= 0.3 is 7.12 Å². The van der Waals surface area contributed by atoms with Gasteiger partial charge in [-0.1, -0.05) is 72.9 Å². The lowest BCUT2D eigenvalue weighted by Crippen LogP contribution is -2.67. The molecule has 1 aliphatic heterocycles. The summed E-state index contributed by atoms with van der Waals surface area (Å²) in [6.07, 6.45) is 6.54. The van der Waals surface area contributed by atoms with E-state index in [4.69, 9.17) is 9.31 Å². The zero-order valence-electron chi connectivity index (χ0n) is 19.7. The highest BCUT2D eigenvalue weighted by atomic mass is 28.4. The van der Waals surface area contributed by atoms with E-state index < -0.39 is 16.5 Å². The Bertz CT molecular complexity index is 545. The van der Waals surface area contributed by atoms with E-state index in [2.05, 4.69) is 71.2 Å². The largest absolute Gasteiger partial charge is 0.474 e. The van der Waals surface area contributed by atoms with Gasteiger partial charge in [0.1, 0.15) is 16.5 Å². The second-order valence-electron chi connectivity index (χ2n) is 12.3. The molecule has 27 heavy (non-hydrogen) atoms. The fraction of sp³-hybridized carbons (Fsp3) is 1.00. The van der Waals surface area contributed by atoms with Crippen LogP contribution in [-0.4, -0.2) is 45.5 Å². The molecular weight excluding hydrogens is 365 g/mol. The van der Waals surface area contributed by atoms with E-state index in [0.29, 0.717) is 23.4 Å². The number of hydrogen-bond acceptors (Lipinski definition) is 3. The van der Waals surface area contributed by atoms with Crippen molar-refractivity contribution in [2.75, 3.05) is 0 Å². The van der Waals surface area contributed by atoms with Gasteiger partial charge < -0.3 is 13.5 Å². The van der Waals surface area contributed by atoms with E-state index >= 15 is 0 Å². The lowest BCUT2D eigenvalue weighted by molar-refractivity contribution is -0.199. The molecule has 0 aromatic heterocycles. The van der Waals surface area contributed by atoms with Crippen molar-refractivity contribution in [3.63, 3.8) is 0 Å². The van der Waals surface area contributed by atoms with Crippen LogP contribution in [0.15, 0.2) is 0 Å². The summed E-state index contributed by atoms with van der Waals surface area (Å²) in [7, 11) is -2.99. The van der Waals surface area contributed by atoms with E-state index in [0.717, 1.165) is 5.92 Å². The van der Waals surface area contributed by atoms with Crippen molar-refractivity contribution in [3.05, 3.63) is 0 Å². The van der Waals surface area contributed by atoms with Crippen LogP contribution in [0, 0.1) is 17.3 Å². The summed E-state index contributed by atoms with van der Waals surface area (Å²) in [6.45, 7) is 24.6. The molecule has 3 nitrogen and oxygen atoms in total. The minimum absolute atomic E-state index is 0.0415. The highest BCUT2D eigenvalue weighted by molar-refractivity contribution is 6.90. The number of rotatable bonds is 7. The van der Waals surface area contributed by atoms with Crippen molar-refractivity contribution < 1.29 is 9.31 Å². The molecule has 0 unspecified atom stereocenters. The molecule has 0 amide bonds. The summed E-state index contributed by atoms with van der Waals surface area (Å²) in [6, 6.07) is 0. The van der Waals surface area contributed by atoms with E-state index in [-0.39, 0.29) is 12.7 Å². The fourth-order valence-corrected chi connectivity index (χ4v) is 17.4. The molecule has 1 saturated heterocycles. The molecule has 4 aliphatic rings. The fourth-order valence-electron chi connectivity index (χ4n) is 6.86. The molecule has 3 saturated carbocycles. The molecule has 3 aliphatic carbocycles. The minimum Gasteiger partial charge on any atom is -0.404 e. The van der Waals surface area contributed by atoms with Gasteiger partial charge in [-0.05, 0) is 43.4 Å². The average Bonchev–Trinajstić information content (AvgIpc) is 2.85. The van der Waals surface area contributed by atoms with Gasteiger partial charge in [0.25, 0.3) is 0 Å². The van der Waals surface area contributed by atoms with Crippen LogP contribution >= 0.6 is 0 Å². The molecule has 0 N–H and O–H groups in total. The Balaban J connectivity index is 1.89. The first-order chi connectivity index (χ1) is 12.2. The summed E-state index contributed by atoms with van der Waals surface area (Å²) in [5.74, 6) is 1.89. The third kappa shape index (κ3) is 3.67. The van der Waals surface area contributed by atoms with Crippen molar-refractivity contribution >= 4 is 23.6 Å². The van der Waals surface area contributed by atoms with Crippen molar-refractivity contribution in [2.45, 2.75) is 117 Å². The van der Waals surface area contributed by atoms with Crippen LogP contribution in [-0.2, 0) is 9.31 Å². The lowest BCUT2D eigenvalue weighted by atomic mass is 9.43. The van der Waals surface area contributed by atoms with Gasteiger partial charge in [0.05, 0.1) is 11.7 Å². The van der Waals surface area contributed by atoms with Crippen molar-refractivity contribution in [1.82, 2.24) is 4.23 Å². The molecule has 0 aromatic carbocycles. The smallest absolute Gasteiger partial charge is 0.404 e. The zero-order valence-corrected chi connectivity index (χ0v) is 21.7. The van der Waals surface area contributed by atoms with Gasteiger partial charge in [-0.25, -0.2) is 0 Å². The van der Waals surface area contributed by atoms with Crippen LogP contribution in [0.25, 0.3) is 0 Å². The van der Waals surface area contributed by atoms with Crippen molar-refractivity contribution in [2.24, 2.45) is 17.3 Å². The Kier molecular flexibility index (Phi) is 5.70. The minimum atomic E-state index is -1.48. The molecule has 6 heteroatoms. The van der Waals surface area contributed by atoms with Gasteiger partial charge in [0.2, 0.25) is 0 Å². The number of unbranched alkanes of at least 4 members (excludes halogenated alkanes) is 1. The first kappa shape index (κ1) is 22.1. The van der Waals surface area contributed by atoms with Crippen LogP contribution in [0.5, 0.6) is 0 Å². The second kappa shape index (κ2) is 6.97.